The quantitative estimate of drug-likeness (QED) is 0.853. The van der Waals surface area contributed by atoms with E-state index in [0.717, 1.165) is 18.7 Å². The van der Waals surface area contributed by atoms with Crippen LogP contribution in [0.4, 0.5) is 5.69 Å². The van der Waals surface area contributed by atoms with Gasteiger partial charge in [-0.15, -0.1) is 0 Å². The fourth-order valence-corrected chi connectivity index (χ4v) is 2.11. The van der Waals surface area contributed by atoms with Crippen molar-refractivity contribution >= 4 is 23.0 Å². The number of carbonyl (C=O) groups is 1. The van der Waals surface area contributed by atoms with Gasteiger partial charge in [-0.2, -0.15) is 11.3 Å². The highest BCUT2D eigenvalue weighted by atomic mass is 32.1. The zero-order chi connectivity index (χ0) is 12.1. The number of aromatic carboxylic acids is 1. The number of hydrogen-bond acceptors (Lipinski definition) is 4. The Morgan fingerprint density at radius 1 is 1.41 bits per heavy atom. The Hall–Kier alpha value is -1.88. The summed E-state index contributed by atoms with van der Waals surface area (Å²) in [7, 11) is 0. The maximum Gasteiger partial charge on any atom is 0.354 e. The number of hydrogen-bond donors (Lipinski definition) is 2. The van der Waals surface area contributed by atoms with Crippen molar-refractivity contribution in [2.75, 3.05) is 11.9 Å². The van der Waals surface area contributed by atoms with E-state index in [2.05, 4.69) is 27.1 Å². The summed E-state index contributed by atoms with van der Waals surface area (Å²) in [6.07, 6.45) is 2.49. The van der Waals surface area contributed by atoms with Gasteiger partial charge in [0.2, 0.25) is 0 Å². The van der Waals surface area contributed by atoms with Gasteiger partial charge in [-0.25, -0.2) is 9.78 Å². The fraction of sp³-hybridized carbons (Fsp3) is 0.167. The third kappa shape index (κ3) is 3.29. The van der Waals surface area contributed by atoms with Crippen LogP contribution in [0.25, 0.3) is 0 Å². The molecule has 2 rings (SSSR count). The first-order chi connectivity index (χ1) is 8.25. The van der Waals surface area contributed by atoms with Gasteiger partial charge in [0, 0.05) is 6.54 Å². The molecule has 0 aliphatic rings. The van der Waals surface area contributed by atoms with Crippen molar-refractivity contribution in [2.24, 2.45) is 0 Å². The molecule has 0 radical (unpaired) electrons. The molecule has 2 aromatic heterocycles. The molecule has 0 fully saturated rings. The third-order valence-electron chi connectivity index (χ3n) is 2.31. The number of rotatable bonds is 5. The molecule has 88 valence electrons. The van der Waals surface area contributed by atoms with Crippen LogP contribution in [0.1, 0.15) is 16.1 Å². The van der Waals surface area contributed by atoms with E-state index in [1.807, 2.05) is 0 Å². The first-order valence-corrected chi connectivity index (χ1v) is 6.14. The molecule has 2 aromatic rings. The molecular formula is C12H12N2O2S. The second-order valence-corrected chi connectivity index (χ2v) is 4.33. The maximum atomic E-state index is 10.6. The van der Waals surface area contributed by atoms with Gasteiger partial charge in [0.05, 0.1) is 11.9 Å². The number of aromatic nitrogens is 1. The highest BCUT2D eigenvalue weighted by Gasteiger charge is 2.02. The summed E-state index contributed by atoms with van der Waals surface area (Å²) in [5.41, 5.74) is 2.20. The van der Waals surface area contributed by atoms with E-state index in [4.69, 9.17) is 5.11 Å². The van der Waals surface area contributed by atoms with Crippen LogP contribution in [-0.2, 0) is 6.42 Å². The van der Waals surface area contributed by atoms with Gasteiger partial charge in [0.15, 0.2) is 0 Å². The average molecular weight is 248 g/mol. The van der Waals surface area contributed by atoms with Gasteiger partial charge in [-0.3, -0.25) is 0 Å². The number of thiophene rings is 1. The van der Waals surface area contributed by atoms with Gasteiger partial charge < -0.3 is 10.4 Å². The first kappa shape index (κ1) is 11.6. The average Bonchev–Trinajstić information content (AvgIpc) is 2.83. The molecule has 2 N–H and O–H groups in total. The minimum atomic E-state index is -1.00. The van der Waals surface area contributed by atoms with Crippen molar-refractivity contribution < 1.29 is 9.90 Å². The molecule has 0 saturated heterocycles. The van der Waals surface area contributed by atoms with Crippen molar-refractivity contribution in [2.45, 2.75) is 6.42 Å². The molecule has 0 atom stereocenters. The molecule has 0 aliphatic heterocycles. The molecule has 17 heavy (non-hydrogen) atoms. The minimum Gasteiger partial charge on any atom is -0.477 e. The first-order valence-electron chi connectivity index (χ1n) is 5.20. The number of carboxylic acids is 1. The summed E-state index contributed by atoms with van der Waals surface area (Å²) in [5, 5.41) is 16.1. The maximum absolute atomic E-state index is 10.6. The SMILES string of the molecule is O=C(O)c1ccc(NCCc2ccsc2)cn1. The van der Waals surface area contributed by atoms with Crippen LogP contribution in [0.15, 0.2) is 35.2 Å². The van der Waals surface area contributed by atoms with Crippen molar-refractivity contribution in [3.63, 3.8) is 0 Å². The molecule has 0 amide bonds. The lowest BCUT2D eigenvalue weighted by atomic mass is 10.2. The van der Waals surface area contributed by atoms with Gasteiger partial charge in [0.1, 0.15) is 5.69 Å². The van der Waals surface area contributed by atoms with Gasteiger partial charge in [-0.1, -0.05) is 0 Å². The fourth-order valence-electron chi connectivity index (χ4n) is 1.41. The van der Waals surface area contributed by atoms with E-state index in [1.165, 1.54) is 17.8 Å². The van der Waals surface area contributed by atoms with Crippen LogP contribution in [0, 0.1) is 0 Å². The number of carboxylic acid groups (broad SMARTS) is 1. The molecular weight excluding hydrogens is 236 g/mol. The van der Waals surface area contributed by atoms with E-state index in [0.29, 0.717) is 0 Å². The zero-order valence-corrected chi connectivity index (χ0v) is 9.91. The molecule has 4 nitrogen and oxygen atoms in total. The Kier molecular flexibility index (Phi) is 3.72. The minimum absolute atomic E-state index is 0.0633. The third-order valence-corrected chi connectivity index (χ3v) is 3.04. The lowest BCUT2D eigenvalue weighted by Gasteiger charge is -2.05. The molecule has 5 heteroatoms. The summed E-state index contributed by atoms with van der Waals surface area (Å²) in [6, 6.07) is 5.32. The van der Waals surface area contributed by atoms with Crippen molar-refractivity contribution in [1.82, 2.24) is 4.98 Å². The van der Waals surface area contributed by atoms with Crippen LogP contribution in [-0.4, -0.2) is 22.6 Å². The summed E-state index contributed by atoms with van der Waals surface area (Å²) < 4.78 is 0. The van der Waals surface area contributed by atoms with E-state index in [1.54, 1.807) is 17.4 Å². The summed E-state index contributed by atoms with van der Waals surface area (Å²) in [6.45, 7) is 0.810. The smallest absolute Gasteiger partial charge is 0.354 e. The number of pyridine rings is 1. The summed E-state index contributed by atoms with van der Waals surface area (Å²) in [5.74, 6) is -1.00. The molecule has 0 spiro atoms. The Balaban J connectivity index is 1.85. The van der Waals surface area contributed by atoms with E-state index in [9.17, 15) is 4.79 Å². The lowest BCUT2D eigenvalue weighted by molar-refractivity contribution is 0.0690. The van der Waals surface area contributed by atoms with E-state index in [-0.39, 0.29) is 5.69 Å². The number of nitrogens with zero attached hydrogens (tertiary/aromatic N) is 1. The second-order valence-electron chi connectivity index (χ2n) is 3.55. The highest BCUT2D eigenvalue weighted by Crippen LogP contribution is 2.09. The molecule has 2 heterocycles. The molecule has 0 unspecified atom stereocenters. The standard InChI is InChI=1S/C12H12N2O2S/c15-12(16)11-2-1-10(7-14-11)13-5-3-9-4-6-17-8-9/h1-2,4,6-8,13H,3,5H2,(H,15,16). The van der Waals surface area contributed by atoms with Crippen molar-refractivity contribution in [3.8, 4) is 0 Å². The van der Waals surface area contributed by atoms with Gasteiger partial charge in [0.25, 0.3) is 0 Å². The Morgan fingerprint density at radius 3 is 2.88 bits per heavy atom. The predicted octanol–water partition coefficient (Wildman–Crippen LogP) is 2.50. The van der Waals surface area contributed by atoms with Crippen LogP contribution < -0.4 is 5.32 Å². The van der Waals surface area contributed by atoms with E-state index >= 15 is 0 Å². The number of nitrogens with one attached hydrogen (secondary N) is 1. The van der Waals surface area contributed by atoms with Crippen molar-refractivity contribution in [1.29, 1.82) is 0 Å². The normalized spacial score (nSPS) is 10.1. The summed E-state index contributed by atoms with van der Waals surface area (Å²) >= 11 is 1.69. The highest BCUT2D eigenvalue weighted by molar-refractivity contribution is 7.07. The summed E-state index contributed by atoms with van der Waals surface area (Å²) in [4.78, 5) is 14.4. The topological polar surface area (TPSA) is 62.2 Å². The Labute approximate surface area is 103 Å². The second kappa shape index (κ2) is 5.45. The van der Waals surface area contributed by atoms with E-state index < -0.39 is 5.97 Å². The lowest BCUT2D eigenvalue weighted by Crippen LogP contribution is -2.06. The zero-order valence-electron chi connectivity index (χ0n) is 9.09. The monoisotopic (exact) mass is 248 g/mol. The Bertz CT molecular complexity index is 480. The van der Waals surface area contributed by atoms with Gasteiger partial charge in [-0.05, 0) is 40.9 Å². The van der Waals surface area contributed by atoms with Crippen LogP contribution in [0.5, 0.6) is 0 Å². The predicted molar refractivity (Wildman–Crippen MR) is 67.7 cm³/mol. The molecule has 0 saturated carbocycles. The number of anilines is 1. The van der Waals surface area contributed by atoms with Gasteiger partial charge >= 0.3 is 5.97 Å². The van der Waals surface area contributed by atoms with Crippen LogP contribution in [0.3, 0.4) is 0 Å². The Morgan fingerprint density at radius 2 is 2.29 bits per heavy atom. The van der Waals surface area contributed by atoms with Crippen molar-refractivity contribution in [3.05, 3.63) is 46.4 Å². The molecule has 0 aliphatic carbocycles. The molecule has 0 bridgehead atoms. The molecule has 0 aromatic carbocycles. The van der Waals surface area contributed by atoms with Crippen LogP contribution >= 0.6 is 11.3 Å². The van der Waals surface area contributed by atoms with Crippen LogP contribution in [0.2, 0.25) is 0 Å². The largest absolute Gasteiger partial charge is 0.477 e.